The van der Waals surface area contributed by atoms with Crippen LogP contribution in [0.5, 0.6) is 17.2 Å². The molecule has 2 aromatic rings. The van der Waals surface area contributed by atoms with E-state index in [2.05, 4.69) is 43.3 Å². The van der Waals surface area contributed by atoms with E-state index < -0.39 is 0 Å². The second-order valence-corrected chi connectivity index (χ2v) is 6.12. The summed E-state index contributed by atoms with van der Waals surface area (Å²) in [6, 6.07) is 12.5. The first-order chi connectivity index (χ1) is 10.8. The number of hydrogen-bond acceptors (Lipinski definition) is 2. The van der Waals surface area contributed by atoms with Crippen molar-refractivity contribution in [3.05, 3.63) is 65.3 Å². The number of fused-ring (bicyclic) bond motifs is 3. The van der Waals surface area contributed by atoms with Crippen molar-refractivity contribution in [1.29, 1.82) is 0 Å². The molecule has 0 fully saturated rings. The molecular weight excluding hydrogens is 271 g/mol. The topological polar surface area (TPSA) is 18.5 Å². The average molecular weight is 286 g/mol. The second-order valence-electron chi connectivity index (χ2n) is 6.12. The van der Waals surface area contributed by atoms with Gasteiger partial charge in [0.1, 0.15) is 17.2 Å². The van der Waals surface area contributed by atoms with Gasteiger partial charge < -0.3 is 9.47 Å². The Bertz CT molecular complexity index is 864. The van der Waals surface area contributed by atoms with Crippen molar-refractivity contribution in [2.75, 3.05) is 0 Å². The Labute approximate surface area is 130 Å². The number of ether oxygens (including phenoxy) is 2. The SMILES string of the molecule is Cc1cccc2c1Oc1cccc3c1B2C1=C(CCC=C1)O3. The quantitative estimate of drug-likeness (QED) is 0.692. The molecule has 0 aromatic heterocycles. The van der Waals surface area contributed by atoms with Crippen molar-refractivity contribution in [3.8, 4) is 17.2 Å². The van der Waals surface area contributed by atoms with Gasteiger partial charge in [-0.05, 0) is 42.0 Å². The monoisotopic (exact) mass is 286 g/mol. The lowest BCUT2D eigenvalue weighted by atomic mass is 9.34. The lowest BCUT2D eigenvalue weighted by Gasteiger charge is -2.35. The van der Waals surface area contributed by atoms with Crippen molar-refractivity contribution in [3.63, 3.8) is 0 Å². The first-order valence-electron chi connectivity index (χ1n) is 7.80. The van der Waals surface area contributed by atoms with Gasteiger partial charge in [-0.2, -0.15) is 0 Å². The van der Waals surface area contributed by atoms with E-state index in [-0.39, 0.29) is 6.71 Å². The third-order valence-electron chi connectivity index (χ3n) is 4.78. The molecule has 0 radical (unpaired) electrons. The number of hydrogen-bond donors (Lipinski definition) is 0. The number of rotatable bonds is 0. The Kier molecular flexibility index (Phi) is 2.37. The summed E-state index contributed by atoms with van der Waals surface area (Å²) < 4.78 is 12.4. The molecule has 0 amide bonds. The van der Waals surface area contributed by atoms with E-state index in [0.717, 1.165) is 35.8 Å². The maximum Gasteiger partial charge on any atom is 0.260 e. The minimum Gasteiger partial charge on any atom is -0.463 e. The Morgan fingerprint density at radius 2 is 1.82 bits per heavy atom. The van der Waals surface area contributed by atoms with Crippen molar-refractivity contribution in [1.82, 2.24) is 0 Å². The standard InChI is InChI=1S/C19H15BO2/c1-12-6-4-8-14-19(12)22-17-11-5-10-16-18(17)20(14)13-7-2-3-9-15(13)21-16/h2,4-8,10-11H,3,9H2,1H3. The Morgan fingerprint density at radius 1 is 1.00 bits per heavy atom. The molecule has 0 atom stereocenters. The summed E-state index contributed by atoms with van der Waals surface area (Å²) >= 11 is 0. The summed E-state index contributed by atoms with van der Waals surface area (Å²) in [5.41, 5.74) is 4.90. The molecule has 5 rings (SSSR count). The van der Waals surface area contributed by atoms with Gasteiger partial charge in [-0.1, -0.05) is 36.4 Å². The fourth-order valence-corrected chi connectivity index (χ4v) is 3.78. The Hall–Kier alpha value is -2.42. The third kappa shape index (κ3) is 1.51. The van der Waals surface area contributed by atoms with Crippen LogP contribution in [0, 0.1) is 6.92 Å². The summed E-state index contributed by atoms with van der Waals surface area (Å²) in [6.45, 7) is 2.34. The highest BCUT2D eigenvalue weighted by Gasteiger charge is 2.41. The molecule has 22 heavy (non-hydrogen) atoms. The van der Waals surface area contributed by atoms with Crippen LogP contribution in [-0.4, -0.2) is 6.71 Å². The molecule has 0 saturated heterocycles. The third-order valence-corrected chi connectivity index (χ3v) is 4.78. The van der Waals surface area contributed by atoms with Crippen LogP contribution in [0.2, 0.25) is 0 Å². The molecule has 2 nitrogen and oxygen atoms in total. The number of benzene rings is 2. The fraction of sp³-hybridized carbons (Fsp3) is 0.158. The molecule has 0 bridgehead atoms. The average Bonchev–Trinajstić information content (AvgIpc) is 2.55. The second kappa shape index (κ2) is 4.29. The van der Waals surface area contributed by atoms with Crippen LogP contribution in [0.4, 0.5) is 0 Å². The van der Waals surface area contributed by atoms with E-state index in [1.54, 1.807) is 0 Å². The van der Waals surface area contributed by atoms with Gasteiger partial charge in [0.05, 0.1) is 5.76 Å². The summed E-state index contributed by atoms with van der Waals surface area (Å²) in [4.78, 5) is 0. The van der Waals surface area contributed by atoms with Crippen LogP contribution >= 0.6 is 0 Å². The molecule has 3 aliphatic rings. The van der Waals surface area contributed by atoms with Gasteiger partial charge in [0.2, 0.25) is 0 Å². The zero-order chi connectivity index (χ0) is 14.7. The zero-order valence-electron chi connectivity index (χ0n) is 12.4. The van der Waals surface area contributed by atoms with Gasteiger partial charge in [0, 0.05) is 11.9 Å². The van der Waals surface area contributed by atoms with Gasteiger partial charge in [-0.3, -0.25) is 0 Å². The molecule has 2 aromatic carbocycles. The van der Waals surface area contributed by atoms with E-state index in [9.17, 15) is 0 Å². The maximum atomic E-state index is 6.21. The molecule has 2 aliphatic heterocycles. The lowest BCUT2D eigenvalue weighted by Crippen LogP contribution is -2.51. The van der Waals surface area contributed by atoms with Crippen LogP contribution < -0.4 is 20.4 Å². The molecule has 0 unspecified atom stereocenters. The molecule has 106 valence electrons. The largest absolute Gasteiger partial charge is 0.463 e. The van der Waals surface area contributed by atoms with Crippen LogP contribution in [0.25, 0.3) is 0 Å². The summed E-state index contributed by atoms with van der Waals surface area (Å²) in [7, 11) is 0. The van der Waals surface area contributed by atoms with Crippen LogP contribution in [0.3, 0.4) is 0 Å². The summed E-state index contributed by atoms with van der Waals surface area (Å²) in [6.07, 6.45) is 6.52. The number of para-hydroxylation sites is 1. The minimum absolute atomic E-state index is 0.232. The van der Waals surface area contributed by atoms with E-state index in [0.29, 0.717) is 0 Å². The Morgan fingerprint density at radius 3 is 2.73 bits per heavy atom. The fourth-order valence-electron chi connectivity index (χ4n) is 3.78. The lowest BCUT2D eigenvalue weighted by molar-refractivity contribution is 0.396. The molecule has 3 heteroatoms. The first kappa shape index (κ1) is 12.2. The van der Waals surface area contributed by atoms with Crippen molar-refractivity contribution in [2.24, 2.45) is 0 Å². The maximum absolute atomic E-state index is 6.21. The van der Waals surface area contributed by atoms with Gasteiger partial charge >= 0.3 is 0 Å². The predicted molar refractivity (Wildman–Crippen MR) is 88.7 cm³/mol. The highest BCUT2D eigenvalue weighted by molar-refractivity contribution is 6.93. The molecule has 0 N–H and O–H groups in total. The van der Waals surface area contributed by atoms with Crippen molar-refractivity contribution >= 4 is 17.6 Å². The smallest absolute Gasteiger partial charge is 0.260 e. The van der Waals surface area contributed by atoms with E-state index in [4.69, 9.17) is 9.47 Å². The minimum atomic E-state index is 0.232. The van der Waals surface area contributed by atoms with Crippen LogP contribution in [-0.2, 0) is 0 Å². The van der Waals surface area contributed by atoms with Gasteiger partial charge in [0.15, 0.2) is 0 Å². The summed E-state index contributed by atoms with van der Waals surface area (Å²) in [5, 5.41) is 0. The number of aryl methyl sites for hydroxylation is 1. The van der Waals surface area contributed by atoms with E-state index in [1.165, 1.54) is 22.0 Å². The van der Waals surface area contributed by atoms with Crippen LogP contribution in [0.1, 0.15) is 18.4 Å². The summed E-state index contributed by atoms with van der Waals surface area (Å²) in [5.74, 6) is 4.00. The molecule has 0 saturated carbocycles. The molecular formula is C19H15BO2. The van der Waals surface area contributed by atoms with E-state index >= 15 is 0 Å². The van der Waals surface area contributed by atoms with Gasteiger partial charge in [0.25, 0.3) is 6.71 Å². The Balaban J connectivity index is 1.84. The van der Waals surface area contributed by atoms with Gasteiger partial charge in [-0.25, -0.2) is 0 Å². The van der Waals surface area contributed by atoms with Crippen molar-refractivity contribution in [2.45, 2.75) is 19.8 Å². The zero-order valence-corrected chi connectivity index (χ0v) is 12.4. The predicted octanol–water partition coefficient (Wildman–Crippen LogP) is 3.25. The van der Waals surface area contributed by atoms with Gasteiger partial charge in [-0.15, -0.1) is 0 Å². The molecule has 2 heterocycles. The number of allylic oxidation sites excluding steroid dienone is 4. The van der Waals surface area contributed by atoms with E-state index in [1.807, 2.05) is 12.1 Å². The molecule has 1 aliphatic carbocycles. The van der Waals surface area contributed by atoms with Crippen molar-refractivity contribution < 1.29 is 9.47 Å². The highest BCUT2D eigenvalue weighted by atomic mass is 16.5. The van der Waals surface area contributed by atoms with Crippen LogP contribution in [0.15, 0.2) is 59.8 Å². The highest BCUT2D eigenvalue weighted by Crippen LogP contribution is 2.38. The molecule has 0 spiro atoms. The first-order valence-corrected chi connectivity index (χ1v) is 7.80. The normalized spacial score (nSPS) is 17.2.